The summed E-state index contributed by atoms with van der Waals surface area (Å²) in [5.41, 5.74) is 10.3. The molecule has 0 saturated heterocycles. The van der Waals surface area contributed by atoms with E-state index in [0.29, 0.717) is 0 Å². The molecule has 1 heterocycles. The molecule has 1 aliphatic heterocycles. The summed E-state index contributed by atoms with van der Waals surface area (Å²) in [7, 11) is 0. The van der Waals surface area contributed by atoms with Crippen molar-refractivity contribution in [2.75, 3.05) is 11.4 Å². The van der Waals surface area contributed by atoms with Crippen LogP contribution in [0, 0.1) is 5.41 Å². The quantitative estimate of drug-likeness (QED) is 0.662. The first-order valence-electron chi connectivity index (χ1n) is 7.00. The van der Waals surface area contributed by atoms with Crippen molar-refractivity contribution < 1.29 is 0 Å². The van der Waals surface area contributed by atoms with Gasteiger partial charge in [-0.2, -0.15) is 0 Å². The summed E-state index contributed by atoms with van der Waals surface area (Å²) in [6.45, 7) is 2.01. The average molecular weight is 265 g/mol. The SMILES string of the molecule is N=C(N)c1ccc(CN2CCCc3ccccc32)cc1. The lowest BCUT2D eigenvalue weighted by molar-refractivity contribution is 0.691. The zero-order valence-electron chi connectivity index (χ0n) is 11.5. The fraction of sp³-hybridized carbons (Fsp3) is 0.235. The molecule has 0 amide bonds. The maximum absolute atomic E-state index is 7.42. The van der Waals surface area contributed by atoms with E-state index in [4.69, 9.17) is 11.1 Å². The second kappa shape index (κ2) is 5.37. The van der Waals surface area contributed by atoms with Gasteiger partial charge in [0.05, 0.1) is 0 Å². The number of aryl methyl sites for hydroxylation is 1. The fourth-order valence-electron chi connectivity index (χ4n) is 2.79. The van der Waals surface area contributed by atoms with Crippen LogP contribution >= 0.6 is 0 Å². The summed E-state index contributed by atoms with van der Waals surface area (Å²) in [5.74, 6) is 0.125. The third-order valence-electron chi connectivity index (χ3n) is 3.84. The smallest absolute Gasteiger partial charge is 0.122 e. The van der Waals surface area contributed by atoms with Crippen LogP contribution in [0.1, 0.15) is 23.1 Å². The lowest BCUT2D eigenvalue weighted by Crippen LogP contribution is -2.28. The molecule has 0 aromatic heterocycles. The number of benzene rings is 2. The predicted molar refractivity (Wildman–Crippen MR) is 83.3 cm³/mol. The van der Waals surface area contributed by atoms with E-state index >= 15 is 0 Å². The summed E-state index contributed by atoms with van der Waals surface area (Å²) < 4.78 is 0. The van der Waals surface area contributed by atoms with E-state index in [0.717, 1.165) is 18.7 Å². The Morgan fingerprint density at radius 3 is 2.60 bits per heavy atom. The summed E-state index contributed by atoms with van der Waals surface area (Å²) in [6, 6.07) is 16.6. The Morgan fingerprint density at radius 1 is 1.10 bits per heavy atom. The maximum Gasteiger partial charge on any atom is 0.122 e. The zero-order chi connectivity index (χ0) is 13.9. The highest BCUT2D eigenvalue weighted by Gasteiger charge is 2.16. The predicted octanol–water partition coefficient (Wildman–Crippen LogP) is 2.92. The molecule has 3 rings (SSSR count). The van der Waals surface area contributed by atoms with E-state index in [2.05, 4.69) is 41.3 Å². The van der Waals surface area contributed by atoms with Gasteiger partial charge in [0.2, 0.25) is 0 Å². The lowest BCUT2D eigenvalue weighted by Gasteiger charge is -2.31. The molecule has 2 aromatic carbocycles. The van der Waals surface area contributed by atoms with Crippen molar-refractivity contribution in [2.45, 2.75) is 19.4 Å². The number of nitrogen functional groups attached to an aromatic ring is 1. The zero-order valence-corrected chi connectivity index (χ0v) is 11.5. The van der Waals surface area contributed by atoms with Gasteiger partial charge in [-0.1, -0.05) is 42.5 Å². The number of fused-ring (bicyclic) bond motifs is 1. The topological polar surface area (TPSA) is 53.1 Å². The van der Waals surface area contributed by atoms with Crippen LogP contribution in [0.5, 0.6) is 0 Å². The van der Waals surface area contributed by atoms with E-state index in [1.165, 1.54) is 29.7 Å². The van der Waals surface area contributed by atoms with Crippen LogP contribution in [0.25, 0.3) is 0 Å². The Bertz CT molecular complexity index is 616. The minimum absolute atomic E-state index is 0.125. The van der Waals surface area contributed by atoms with Gasteiger partial charge in [0, 0.05) is 24.3 Å². The third kappa shape index (κ3) is 2.52. The van der Waals surface area contributed by atoms with Gasteiger partial charge in [-0.3, -0.25) is 5.41 Å². The van der Waals surface area contributed by atoms with Gasteiger partial charge in [0.1, 0.15) is 5.84 Å². The Morgan fingerprint density at radius 2 is 1.85 bits per heavy atom. The number of nitrogens with one attached hydrogen (secondary N) is 1. The molecule has 0 bridgehead atoms. The highest BCUT2D eigenvalue weighted by atomic mass is 15.1. The van der Waals surface area contributed by atoms with Gasteiger partial charge < -0.3 is 10.6 Å². The minimum atomic E-state index is 0.125. The van der Waals surface area contributed by atoms with Crippen LogP contribution in [0.4, 0.5) is 5.69 Å². The highest BCUT2D eigenvalue weighted by molar-refractivity contribution is 5.94. The van der Waals surface area contributed by atoms with Crippen molar-refractivity contribution in [1.29, 1.82) is 5.41 Å². The van der Waals surface area contributed by atoms with Crippen molar-refractivity contribution in [3.05, 3.63) is 65.2 Å². The number of nitrogens with zero attached hydrogens (tertiary/aromatic N) is 1. The number of amidine groups is 1. The number of anilines is 1. The molecule has 3 heteroatoms. The fourth-order valence-corrected chi connectivity index (χ4v) is 2.79. The third-order valence-corrected chi connectivity index (χ3v) is 3.84. The van der Waals surface area contributed by atoms with Gasteiger partial charge in [0.15, 0.2) is 0 Å². The number of hydrogen-bond acceptors (Lipinski definition) is 2. The van der Waals surface area contributed by atoms with Crippen molar-refractivity contribution >= 4 is 11.5 Å². The molecule has 3 nitrogen and oxygen atoms in total. The second-order valence-corrected chi connectivity index (χ2v) is 5.26. The lowest BCUT2D eigenvalue weighted by atomic mass is 10.0. The molecular formula is C17H19N3. The van der Waals surface area contributed by atoms with Crippen molar-refractivity contribution in [3.63, 3.8) is 0 Å². The standard InChI is InChI=1S/C17H19N3/c18-17(19)15-9-7-13(8-10-15)12-20-11-3-5-14-4-1-2-6-16(14)20/h1-2,4,6-10H,3,5,11-12H2,(H3,18,19). The van der Waals surface area contributed by atoms with E-state index < -0.39 is 0 Å². The van der Waals surface area contributed by atoms with Crippen LogP contribution in [-0.2, 0) is 13.0 Å². The molecule has 0 radical (unpaired) electrons. The Balaban J connectivity index is 1.80. The summed E-state index contributed by atoms with van der Waals surface area (Å²) in [5, 5.41) is 7.42. The molecule has 102 valence electrons. The Labute approximate surface area is 119 Å². The molecule has 0 saturated carbocycles. The van der Waals surface area contributed by atoms with E-state index in [1.54, 1.807) is 0 Å². The first-order chi connectivity index (χ1) is 9.74. The number of nitrogens with two attached hydrogens (primary N) is 1. The molecule has 0 fully saturated rings. The molecule has 2 aromatic rings. The van der Waals surface area contributed by atoms with Crippen molar-refractivity contribution in [3.8, 4) is 0 Å². The number of para-hydroxylation sites is 1. The van der Waals surface area contributed by atoms with Gasteiger partial charge in [-0.15, -0.1) is 0 Å². The van der Waals surface area contributed by atoms with Crippen LogP contribution < -0.4 is 10.6 Å². The van der Waals surface area contributed by atoms with Crippen LogP contribution in [-0.4, -0.2) is 12.4 Å². The summed E-state index contributed by atoms with van der Waals surface area (Å²) in [6.07, 6.45) is 2.39. The number of rotatable bonds is 3. The monoisotopic (exact) mass is 265 g/mol. The van der Waals surface area contributed by atoms with Crippen molar-refractivity contribution in [1.82, 2.24) is 0 Å². The maximum atomic E-state index is 7.42. The van der Waals surface area contributed by atoms with Gasteiger partial charge >= 0.3 is 0 Å². The molecule has 1 aliphatic rings. The largest absolute Gasteiger partial charge is 0.384 e. The Kier molecular flexibility index (Phi) is 3.42. The van der Waals surface area contributed by atoms with E-state index in [9.17, 15) is 0 Å². The molecule has 0 aliphatic carbocycles. The van der Waals surface area contributed by atoms with E-state index in [-0.39, 0.29) is 5.84 Å². The highest BCUT2D eigenvalue weighted by Crippen LogP contribution is 2.27. The van der Waals surface area contributed by atoms with Crippen molar-refractivity contribution in [2.24, 2.45) is 5.73 Å². The average Bonchev–Trinajstić information content (AvgIpc) is 2.48. The first-order valence-corrected chi connectivity index (χ1v) is 7.00. The van der Waals surface area contributed by atoms with Gasteiger partial charge in [0.25, 0.3) is 0 Å². The number of hydrogen-bond donors (Lipinski definition) is 2. The van der Waals surface area contributed by atoms with Gasteiger partial charge in [-0.05, 0) is 30.0 Å². The Hall–Kier alpha value is -2.29. The molecular weight excluding hydrogens is 246 g/mol. The summed E-state index contributed by atoms with van der Waals surface area (Å²) >= 11 is 0. The molecule has 0 atom stereocenters. The minimum Gasteiger partial charge on any atom is -0.384 e. The van der Waals surface area contributed by atoms with E-state index in [1.807, 2.05) is 12.1 Å². The first kappa shape index (κ1) is 12.7. The van der Waals surface area contributed by atoms with Gasteiger partial charge in [-0.25, -0.2) is 0 Å². The summed E-state index contributed by atoms with van der Waals surface area (Å²) in [4.78, 5) is 2.43. The van der Waals surface area contributed by atoms with Crippen LogP contribution in [0.2, 0.25) is 0 Å². The molecule has 20 heavy (non-hydrogen) atoms. The second-order valence-electron chi connectivity index (χ2n) is 5.26. The van der Waals surface area contributed by atoms with Crippen LogP contribution in [0.15, 0.2) is 48.5 Å². The normalized spacial score (nSPS) is 13.9. The molecule has 0 unspecified atom stereocenters. The van der Waals surface area contributed by atoms with Crippen LogP contribution in [0.3, 0.4) is 0 Å². The molecule has 0 spiro atoms. The molecule has 3 N–H and O–H groups in total.